The lowest BCUT2D eigenvalue weighted by atomic mass is 10.5. The minimum atomic E-state index is -0.479. The van der Waals surface area contributed by atoms with E-state index in [1.54, 1.807) is 13.0 Å². The molecule has 0 saturated carbocycles. The van der Waals surface area contributed by atoms with E-state index in [1.165, 1.54) is 12.4 Å². The number of rotatable bonds is 2. The van der Waals surface area contributed by atoms with Crippen LogP contribution in [0.2, 0.25) is 0 Å². The van der Waals surface area contributed by atoms with Gasteiger partial charge in [-0.3, -0.25) is 0 Å². The molecule has 1 rings (SSSR count). The maximum atomic E-state index is 10.9. The van der Waals surface area contributed by atoms with Gasteiger partial charge in [0, 0.05) is 12.4 Å². The number of nitrogens with zero attached hydrogens (tertiary/aromatic N) is 2. The molecular formula is C7H8N2O2. The Bertz CT molecular complexity index is 235. The monoisotopic (exact) mass is 152 g/mol. The molecule has 0 atom stereocenters. The smallest absolute Gasteiger partial charge is 0.376 e. The minimum absolute atomic E-state index is 0.106. The van der Waals surface area contributed by atoms with Crippen LogP contribution in [0.5, 0.6) is 0 Å². The van der Waals surface area contributed by atoms with Gasteiger partial charge in [0.15, 0.2) is 0 Å². The van der Waals surface area contributed by atoms with E-state index in [9.17, 15) is 4.79 Å². The van der Waals surface area contributed by atoms with Crippen molar-refractivity contribution in [2.75, 3.05) is 6.61 Å². The first-order chi connectivity index (χ1) is 5.34. The van der Waals surface area contributed by atoms with E-state index in [0.717, 1.165) is 0 Å². The summed E-state index contributed by atoms with van der Waals surface area (Å²) in [5.74, 6) is -0.373. The van der Waals surface area contributed by atoms with Crippen LogP contribution in [0, 0.1) is 0 Å². The van der Waals surface area contributed by atoms with Gasteiger partial charge in [-0.1, -0.05) is 0 Å². The molecule has 0 radical (unpaired) electrons. The zero-order valence-electron chi connectivity index (χ0n) is 6.15. The van der Waals surface area contributed by atoms with E-state index in [0.29, 0.717) is 6.61 Å². The van der Waals surface area contributed by atoms with Gasteiger partial charge in [-0.25, -0.2) is 14.8 Å². The molecule has 0 aliphatic heterocycles. The molecule has 0 aromatic carbocycles. The van der Waals surface area contributed by atoms with Crippen LogP contribution in [0.1, 0.15) is 17.5 Å². The summed E-state index contributed by atoms with van der Waals surface area (Å²) in [6, 6.07) is 1.64. The number of carbonyl (C=O) groups excluding carboxylic acids is 1. The van der Waals surface area contributed by atoms with Gasteiger partial charge in [-0.05, 0) is 13.0 Å². The van der Waals surface area contributed by atoms with Crippen LogP contribution in [-0.4, -0.2) is 22.5 Å². The molecule has 0 N–H and O–H groups in total. The van der Waals surface area contributed by atoms with Crippen molar-refractivity contribution in [3.8, 4) is 0 Å². The van der Waals surface area contributed by atoms with Crippen LogP contribution in [0.25, 0.3) is 0 Å². The second kappa shape index (κ2) is 3.65. The first-order valence-corrected chi connectivity index (χ1v) is 3.28. The van der Waals surface area contributed by atoms with Gasteiger partial charge >= 0.3 is 5.97 Å². The Morgan fingerprint density at radius 3 is 2.73 bits per heavy atom. The molecule has 0 aliphatic rings. The fraction of sp³-hybridized carbons (Fsp3) is 0.286. The summed E-state index contributed by atoms with van der Waals surface area (Å²) < 4.78 is 4.66. The Kier molecular flexibility index (Phi) is 2.54. The SMILES string of the molecule is CCOC(=O)c1ncccn1. The third kappa shape index (κ3) is 2.00. The number of hydrogen-bond acceptors (Lipinski definition) is 4. The normalized spacial score (nSPS) is 9.18. The Morgan fingerprint density at radius 2 is 2.18 bits per heavy atom. The molecule has 1 aromatic heterocycles. The van der Waals surface area contributed by atoms with Crippen molar-refractivity contribution >= 4 is 5.97 Å². The van der Waals surface area contributed by atoms with E-state index in [1.807, 2.05) is 0 Å². The van der Waals surface area contributed by atoms with Crippen LogP contribution in [0.15, 0.2) is 18.5 Å². The largest absolute Gasteiger partial charge is 0.460 e. The van der Waals surface area contributed by atoms with Crippen molar-refractivity contribution in [2.45, 2.75) is 6.92 Å². The second-order valence-electron chi connectivity index (χ2n) is 1.79. The topological polar surface area (TPSA) is 52.1 Å². The van der Waals surface area contributed by atoms with E-state index in [2.05, 4.69) is 14.7 Å². The molecule has 4 nitrogen and oxygen atoms in total. The molecule has 1 aromatic rings. The Labute approximate surface area is 64.2 Å². The fourth-order valence-corrected chi connectivity index (χ4v) is 0.600. The molecule has 0 aliphatic carbocycles. The van der Waals surface area contributed by atoms with Crippen LogP contribution >= 0.6 is 0 Å². The zero-order valence-corrected chi connectivity index (χ0v) is 6.15. The number of hydrogen-bond donors (Lipinski definition) is 0. The van der Waals surface area contributed by atoms with E-state index < -0.39 is 5.97 Å². The molecule has 0 unspecified atom stereocenters. The average molecular weight is 152 g/mol. The highest BCUT2D eigenvalue weighted by Gasteiger charge is 2.06. The van der Waals surface area contributed by atoms with Crippen LogP contribution in [0.4, 0.5) is 0 Å². The highest BCUT2D eigenvalue weighted by Crippen LogP contribution is 1.90. The predicted octanol–water partition coefficient (Wildman–Crippen LogP) is 0.653. The van der Waals surface area contributed by atoms with Crippen molar-refractivity contribution in [3.05, 3.63) is 24.3 Å². The van der Waals surface area contributed by atoms with Crippen molar-refractivity contribution < 1.29 is 9.53 Å². The molecule has 1 heterocycles. The lowest BCUT2D eigenvalue weighted by Gasteiger charge is -1.97. The third-order valence-corrected chi connectivity index (χ3v) is 1.02. The Hall–Kier alpha value is -1.45. The highest BCUT2D eigenvalue weighted by atomic mass is 16.5. The van der Waals surface area contributed by atoms with Crippen LogP contribution in [0.3, 0.4) is 0 Å². The molecule has 11 heavy (non-hydrogen) atoms. The van der Waals surface area contributed by atoms with E-state index in [-0.39, 0.29) is 5.82 Å². The number of carbonyl (C=O) groups is 1. The van der Waals surface area contributed by atoms with E-state index in [4.69, 9.17) is 0 Å². The maximum absolute atomic E-state index is 10.9. The quantitative estimate of drug-likeness (QED) is 0.584. The van der Waals surface area contributed by atoms with Crippen LogP contribution in [-0.2, 0) is 4.74 Å². The number of esters is 1. The maximum Gasteiger partial charge on any atom is 0.376 e. The van der Waals surface area contributed by atoms with Crippen molar-refractivity contribution in [2.24, 2.45) is 0 Å². The van der Waals surface area contributed by atoms with Gasteiger partial charge < -0.3 is 4.74 Å². The summed E-state index contributed by atoms with van der Waals surface area (Å²) in [4.78, 5) is 18.3. The Balaban J connectivity index is 2.69. The summed E-state index contributed by atoms with van der Waals surface area (Å²) in [5, 5.41) is 0. The van der Waals surface area contributed by atoms with Crippen molar-refractivity contribution in [1.29, 1.82) is 0 Å². The zero-order chi connectivity index (χ0) is 8.10. The van der Waals surface area contributed by atoms with Crippen molar-refractivity contribution in [1.82, 2.24) is 9.97 Å². The lowest BCUT2D eigenvalue weighted by molar-refractivity contribution is 0.0512. The van der Waals surface area contributed by atoms with Gasteiger partial charge in [0.2, 0.25) is 5.82 Å². The molecule has 4 heteroatoms. The molecule has 0 spiro atoms. The second-order valence-corrected chi connectivity index (χ2v) is 1.79. The summed E-state index contributed by atoms with van der Waals surface area (Å²) in [7, 11) is 0. The standard InChI is InChI=1S/C7H8N2O2/c1-2-11-7(10)6-8-4-3-5-9-6/h3-5H,2H2,1H3. The highest BCUT2D eigenvalue weighted by molar-refractivity contribution is 5.84. The first-order valence-electron chi connectivity index (χ1n) is 3.28. The van der Waals surface area contributed by atoms with Gasteiger partial charge in [0.1, 0.15) is 0 Å². The Morgan fingerprint density at radius 1 is 1.55 bits per heavy atom. The fourth-order valence-electron chi connectivity index (χ4n) is 0.600. The number of ether oxygens (including phenoxy) is 1. The minimum Gasteiger partial charge on any atom is -0.460 e. The molecule has 0 saturated heterocycles. The first kappa shape index (κ1) is 7.65. The molecule has 0 amide bonds. The average Bonchev–Trinajstić information content (AvgIpc) is 2.07. The lowest BCUT2D eigenvalue weighted by Crippen LogP contribution is -2.08. The predicted molar refractivity (Wildman–Crippen MR) is 38.0 cm³/mol. The van der Waals surface area contributed by atoms with Gasteiger partial charge in [0.25, 0.3) is 0 Å². The van der Waals surface area contributed by atoms with Crippen molar-refractivity contribution in [3.63, 3.8) is 0 Å². The number of aromatic nitrogens is 2. The van der Waals surface area contributed by atoms with Gasteiger partial charge in [-0.15, -0.1) is 0 Å². The van der Waals surface area contributed by atoms with E-state index >= 15 is 0 Å². The van der Waals surface area contributed by atoms with Gasteiger partial charge in [0.05, 0.1) is 6.61 Å². The van der Waals surface area contributed by atoms with Gasteiger partial charge in [-0.2, -0.15) is 0 Å². The van der Waals surface area contributed by atoms with Crippen LogP contribution < -0.4 is 0 Å². The molecule has 0 fully saturated rings. The summed E-state index contributed by atoms with van der Waals surface area (Å²) in [6.07, 6.45) is 3.00. The molecular weight excluding hydrogens is 144 g/mol. The molecule has 0 bridgehead atoms. The molecule has 58 valence electrons. The summed E-state index contributed by atoms with van der Waals surface area (Å²) in [6.45, 7) is 2.08. The summed E-state index contributed by atoms with van der Waals surface area (Å²) >= 11 is 0. The third-order valence-electron chi connectivity index (χ3n) is 1.02. The summed E-state index contributed by atoms with van der Waals surface area (Å²) in [5.41, 5.74) is 0.